The first kappa shape index (κ1) is 15.4. The minimum absolute atomic E-state index is 0.119. The Morgan fingerprint density at radius 2 is 2.05 bits per heavy atom. The predicted octanol–water partition coefficient (Wildman–Crippen LogP) is 2.45. The Balaban J connectivity index is 2.69. The lowest BCUT2D eigenvalue weighted by Crippen LogP contribution is -2.36. The molecular formula is C15H17ClN2O3. The number of H-pyrrole nitrogens is 1. The third-order valence-corrected chi connectivity index (χ3v) is 3.61. The van der Waals surface area contributed by atoms with Crippen molar-refractivity contribution in [3.63, 3.8) is 0 Å². The molecular weight excluding hydrogens is 292 g/mol. The maximum Gasteiger partial charge on any atom is 0.334 e. The number of nitrogens with zero attached hydrogens (tertiary/aromatic N) is 1. The monoisotopic (exact) mass is 308 g/mol. The molecule has 1 N–H and O–H groups in total. The van der Waals surface area contributed by atoms with E-state index in [9.17, 15) is 9.59 Å². The molecule has 0 atom stereocenters. The number of nitrogens with one attached hydrogen (secondary N) is 1. The van der Waals surface area contributed by atoms with Gasteiger partial charge in [-0.1, -0.05) is 24.9 Å². The first-order chi connectivity index (χ1) is 9.99. The van der Waals surface area contributed by atoms with Gasteiger partial charge in [0.2, 0.25) is 0 Å². The SMILES string of the molecule is CCCc1c(Cl)[nH]c(=O)n(-c2ccc(OC)c(C)c2)c1=O. The summed E-state index contributed by atoms with van der Waals surface area (Å²) in [5.74, 6) is 0.700. The first-order valence-electron chi connectivity index (χ1n) is 6.68. The highest BCUT2D eigenvalue weighted by Gasteiger charge is 2.14. The van der Waals surface area contributed by atoms with E-state index in [1.54, 1.807) is 25.3 Å². The lowest BCUT2D eigenvalue weighted by Gasteiger charge is -2.11. The molecule has 0 saturated heterocycles. The van der Waals surface area contributed by atoms with Crippen LogP contribution in [0.2, 0.25) is 5.15 Å². The van der Waals surface area contributed by atoms with Crippen molar-refractivity contribution < 1.29 is 4.74 Å². The molecule has 21 heavy (non-hydrogen) atoms. The highest BCUT2D eigenvalue weighted by atomic mass is 35.5. The topological polar surface area (TPSA) is 64.1 Å². The minimum Gasteiger partial charge on any atom is -0.496 e. The second-order valence-corrected chi connectivity index (χ2v) is 5.15. The summed E-state index contributed by atoms with van der Waals surface area (Å²) in [7, 11) is 1.57. The lowest BCUT2D eigenvalue weighted by atomic mass is 10.1. The van der Waals surface area contributed by atoms with Gasteiger partial charge >= 0.3 is 5.69 Å². The summed E-state index contributed by atoms with van der Waals surface area (Å²) in [4.78, 5) is 27.1. The Labute approximate surface area is 127 Å². The number of hydrogen-bond acceptors (Lipinski definition) is 3. The number of aromatic amines is 1. The predicted molar refractivity (Wildman–Crippen MR) is 83.0 cm³/mol. The van der Waals surface area contributed by atoms with Gasteiger partial charge in [-0.25, -0.2) is 9.36 Å². The smallest absolute Gasteiger partial charge is 0.334 e. The molecule has 112 valence electrons. The minimum atomic E-state index is -0.547. The molecule has 0 radical (unpaired) electrons. The van der Waals surface area contributed by atoms with Crippen LogP contribution in [-0.2, 0) is 6.42 Å². The fraction of sp³-hybridized carbons (Fsp3) is 0.333. The molecule has 0 saturated carbocycles. The summed E-state index contributed by atoms with van der Waals surface area (Å²) in [6.07, 6.45) is 1.28. The van der Waals surface area contributed by atoms with Gasteiger partial charge in [0.05, 0.1) is 18.4 Å². The molecule has 2 rings (SSSR count). The number of methoxy groups -OCH3 is 1. The standard InChI is InChI=1S/C15H17ClN2O3/c1-4-5-11-13(16)17-15(20)18(14(11)19)10-6-7-12(21-3)9(2)8-10/h6-8H,4-5H2,1-3H3,(H,17,20). The zero-order chi connectivity index (χ0) is 15.6. The Hall–Kier alpha value is -2.01. The fourth-order valence-electron chi connectivity index (χ4n) is 2.25. The highest BCUT2D eigenvalue weighted by Crippen LogP contribution is 2.20. The van der Waals surface area contributed by atoms with Gasteiger partial charge < -0.3 is 4.74 Å². The van der Waals surface area contributed by atoms with Crippen molar-refractivity contribution in [3.05, 3.63) is 55.3 Å². The van der Waals surface area contributed by atoms with Crippen LogP contribution in [0.3, 0.4) is 0 Å². The Morgan fingerprint density at radius 1 is 1.33 bits per heavy atom. The van der Waals surface area contributed by atoms with E-state index in [4.69, 9.17) is 16.3 Å². The van der Waals surface area contributed by atoms with Gasteiger partial charge in [-0.15, -0.1) is 0 Å². The van der Waals surface area contributed by atoms with Gasteiger partial charge in [-0.2, -0.15) is 0 Å². The molecule has 1 aromatic carbocycles. The Kier molecular flexibility index (Phi) is 4.53. The Bertz CT molecular complexity index is 777. The average molecular weight is 309 g/mol. The van der Waals surface area contributed by atoms with Gasteiger partial charge in [0.1, 0.15) is 10.9 Å². The summed E-state index contributed by atoms with van der Waals surface area (Å²) >= 11 is 5.96. The maximum absolute atomic E-state index is 12.5. The second kappa shape index (κ2) is 6.18. The van der Waals surface area contributed by atoms with E-state index in [1.165, 1.54) is 0 Å². The van der Waals surface area contributed by atoms with Crippen molar-refractivity contribution >= 4 is 11.6 Å². The van der Waals surface area contributed by atoms with Crippen LogP contribution in [0, 0.1) is 6.92 Å². The first-order valence-corrected chi connectivity index (χ1v) is 7.06. The number of aromatic nitrogens is 2. The molecule has 0 unspecified atom stereocenters. The van der Waals surface area contributed by atoms with E-state index < -0.39 is 5.69 Å². The number of hydrogen-bond donors (Lipinski definition) is 1. The van der Waals surface area contributed by atoms with Crippen molar-refractivity contribution in [3.8, 4) is 11.4 Å². The molecule has 0 spiro atoms. The van der Waals surface area contributed by atoms with E-state index in [-0.39, 0.29) is 10.7 Å². The van der Waals surface area contributed by atoms with Gasteiger partial charge in [0.25, 0.3) is 5.56 Å². The lowest BCUT2D eigenvalue weighted by molar-refractivity contribution is 0.411. The van der Waals surface area contributed by atoms with Crippen molar-refractivity contribution in [2.24, 2.45) is 0 Å². The van der Waals surface area contributed by atoms with Crippen molar-refractivity contribution in [2.75, 3.05) is 7.11 Å². The molecule has 0 amide bonds. The van der Waals surface area contributed by atoms with Crippen LogP contribution in [0.15, 0.2) is 27.8 Å². The van der Waals surface area contributed by atoms with Crippen LogP contribution >= 0.6 is 11.6 Å². The largest absolute Gasteiger partial charge is 0.496 e. The van der Waals surface area contributed by atoms with Gasteiger partial charge in [0, 0.05) is 0 Å². The molecule has 5 nitrogen and oxygen atoms in total. The number of rotatable bonds is 4. The van der Waals surface area contributed by atoms with E-state index in [2.05, 4.69) is 4.98 Å². The van der Waals surface area contributed by atoms with Crippen molar-refractivity contribution in [1.29, 1.82) is 0 Å². The van der Waals surface area contributed by atoms with Gasteiger partial charge in [0.15, 0.2) is 0 Å². The van der Waals surface area contributed by atoms with E-state index in [0.29, 0.717) is 23.4 Å². The summed E-state index contributed by atoms with van der Waals surface area (Å²) in [6, 6.07) is 5.13. The summed E-state index contributed by atoms with van der Waals surface area (Å²) in [6.45, 7) is 3.80. The third-order valence-electron chi connectivity index (χ3n) is 3.28. The molecule has 1 heterocycles. The van der Waals surface area contributed by atoms with Crippen molar-refractivity contribution in [2.45, 2.75) is 26.7 Å². The van der Waals surface area contributed by atoms with Crippen LogP contribution in [0.5, 0.6) is 5.75 Å². The molecule has 0 fully saturated rings. The highest BCUT2D eigenvalue weighted by molar-refractivity contribution is 6.30. The zero-order valence-electron chi connectivity index (χ0n) is 12.2. The second-order valence-electron chi connectivity index (χ2n) is 4.77. The van der Waals surface area contributed by atoms with Gasteiger partial charge in [-0.3, -0.25) is 9.78 Å². The van der Waals surface area contributed by atoms with Crippen LogP contribution in [0.25, 0.3) is 5.69 Å². The number of halogens is 1. The van der Waals surface area contributed by atoms with Crippen LogP contribution in [0.4, 0.5) is 0 Å². The average Bonchev–Trinajstić information content (AvgIpc) is 2.43. The van der Waals surface area contributed by atoms with Gasteiger partial charge in [-0.05, 0) is 37.1 Å². The molecule has 6 heteroatoms. The molecule has 1 aromatic heterocycles. The summed E-state index contributed by atoms with van der Waals surface area (Å²) in [5.41, 5.74) is 0.832. The molecule has 0 aliphatic heterocycles. The number of ether oxygens (including phenoxy) is 1. The normalized spacial score (nSPS) is 10.7. The van der Waals surface area contributed by atoms with E-state index >= 15 is 0 Å². The molecule has 2 aromatic rings. The summed E-state index contributed by atoms with van der Waals surface area (Å²) in [5, 5.41) is 0.119. The van der Waals surface area contributed by atoms with Crippen LogP contribution in [-0.4, -0.2) is 16.7 Å². The Morgan fingerprint density at radius 3 is 2.62 bits per heavy atom. The van der Waals surface area contributed by atoms with E-state index in [1.807, 2.05) is 13.8 Å². The quantitative estimate of drug-likeness (QED) is 0.882. The molecule has 0 aliphatic rings. The zero-order valence-corrected chi connectivity index (χ0v) is 13.0. The van der Waals surface area contributed by atoms with Crippen molar-refractivity contribution in [1.82, 2.24) is 9.55 Å². The maximum atomic E-state index is 12.5. The number of benzene rings is 1. The fourth-order valence-corrected chi connectivity index (χ4v) is 2.51. The van der Waals surface area contributed by atoms with Crippen LogP contribution in [0.1, 0.15) is 24.5 Å². The third kappa shape index (κ3) is 2.88. The van der Waals surface area contributed by atoms with Crippen LogP contribution < -0.4 is 16.0 Å². The molecule has 0 bridgehead atoms. The molecule has 0 aliphatic carbocycles. The van der Waals surface area contributed by atoms with E-state index in [0.717, 1.165) is 16.6 Å². The summed E-state index contributed by atoms with van der Waals surface area (Å²) < 4.78 is 6.28. The number of aryl methyl sites for hydroxylation is 1.